The Kier molecular flexibility index (Phi) is 6.22. The van der Waals surface area contributed by atoms with Gasteiger partial charge in [-0.05, 0) is 49.4 Å². The van der Waals surface area contributed by atoms with Crippen LogP contribution in [0.2, 0.25) is 0 Å². The molecule has 1 atom stereocenters. The number of amides is 1. The molecule has 2 heterocycles. The number of benzene rings is 1. The first kappa shape index (κ1) is 20.3. The summed E-state index contributed by atoms with van der Waals surface area (Å²) in [5.41, 5.74) is 0.510. The Morgan fingerprint density at radius 3 is 2.26 bits per heavy atom. The van der Waals surface area contributed by atoms with E-state index in [0.717, 1.165) is 25.7 Å². The van der Waals surface area contributed by atoms with E-state index in [4.69, 9.17) is 0 Å². The van der Waals surface area contributed by atoms with Crippen molar-refractivity contribution in [2.24, 2.45) is 5.92 Å². The lowest BCUT2D eigenvalue weighted by Crippen LogP contribution is -2.31. The first-order valence-electron chi connectivity index (χ1n) is 9.37. The maximum absolute atomic E-state index is 12.7. The molecule has 2 aliphatic heterocycles. The monoisotopic (exact) mass is 414 g/mol. The van der Waals surface area contributed by atoms with E-state index in [2.05, 4.69) is 5.32 Å². The Morgan fingerprint density at radius 1 is 1.07 bits per heavy atom. The quantitative estimate of drug-likeness (QED) is 0.794. The van der Waals surface area contributed by atoms with Crippen LogP contribution in [0.5, 0.6) is 0 Å². The van der Waals surface area contributed by atoms with Gasteiger partial charge in [-0.3, -0.25) is 4.79 Å². The summed E-state index contributed by atoms with van der Waals surface area (Å²) < 4.78 is 50.0. The summed E-state index contributed by atoms with van der Waals surface area (Å²) >= 11 is 0. The molecule has 1 unspecified atom stereocenters. The largest absolute Gasteiger partial charge is 0.326 e. The summed E-state index contributed by atoms with van der Waals surface area (Å²) in [5, 5.41) is 2.72. The van der Waals surface area contributed by atoms with Crippen molar-refractivity contribution < 1.29 is 21.6 Å². The molecule has 2 saturated heterocycles. The highest BCUT2D eigenvalue weighted by molar-refractivity contribution is 7.91. The van der Waals surface area contributed by atoms with Gasteiger partial charge in [0.1, 0.15) is 0 Å². The predicted molar refractivity (Wildman–Crippen MR) is 104 cm³/mol. The molecule has 1 N–H and O–H groups in total. The molecule has 27 heavy (non-hydrogen) atoms. The van der Waals surface area contributed by atoms with E-state index in [1.165, 1.54) is 16.4 Å². The van der Waals surface area contributed by atoms with Crippen molar-refractivity contribution in [2.75, 3.05) is 29.9 Å². The van der Waals surface area contributed by atoms with Crippen LogP contribution in [0.3, 0.4) is 0 Å². The summed E-state index contributed by atoms with van der Waals surface area (Å²) in [6.45, 7) is 1.09. The lowest BCUT2D eigenvalue weighted by Gasteiger charge is -2.20. The molecule has 0 aromatic heterocycles. The Balaban J connectivity index is 1.60. The van der Waals surface area contributed by atoms with Gasteiger partial charge in [0.2, 0.25) is 15.9 Å². The highest BCUT2D eigenvalue weighted by atomic mass is 32.2. The van der Waals surface area contributed by atoms with Gasteiger partial charge < -0.3 is 5.32 Å². The van der Waals surface area contributed by atoms with Crippen LogP contribution >= 0.6 is 0 Å². The number of nitrogens with zero attached hydrogens (tertiary/aromatic N) is 1. The van der Waals surface area contributed by atoms with Crippen molar-refractivity contribution >= 4 is 31.5 Å². The van der Waals surface area contributed by atoms with Gasteiger partial charge in [-0.1, -0.05) is 12.8 Å². The third-order valence-electron chi connectivity index (χ3n) is 5.14. The first-order chi connectivity index (χ1) is 12.8. The second kappa shape index (κ2) is 8.28. The molecule has 3 rings (SSSR count). The molecule has 0 spiro atoms. The number of hydrogen-bond donors (Lipinski definition) is 1. The van der Waals surface area contributed by atoms with Crippen molar-refractivity contribution in [2.45, 2.75) is 43.4 Å². The summed E-state index contributed by atoms with van der Waals surface area (Å²) in [7, 11) is -6.51. The smallest absolute Gasteiger partial charge is 0.243 e. The van der Waals surface area contributed by atoms with Gasteiger partial charge >= 0.3 is 0 Å². The SMILES string of the molecule is O=C(CC1CCS(=O)(=O)C1)Nc1ccc(S(=O)(=O)N2CCCCCC2)cc1. The van der Waals surface area contributed by atoms with E-state index in [9.17, 15) is 21.6 Å². The number of nitrogens with one attached hydrogen (secondary N) is 1. The van der Waals surface area contributed by atoms with Crippen LogP contribution in [0.15, 0.2) is 29.2 Å². The second-order valence-electron chi connectivity index (χ2n) is 7.36. The van der Waals surface area contributed by atoms with Crippen LogP contribution in [0, 0.1) is 5.92 Å². The van der Waals surface area contributed by atoms with Gasteiger partial charge in [0.25, 0.3) is 0 Å². The number of carbonyl (C=O) groups is 1. The third-order valence-corrected chi connectivity index (χ3v) is 8.89. The zero-order valence-electron chi connectivity index (χ0n) is 15.3. The summed E-state index contributed by atoms with van der Waals surface area (Å²) in [4.78, 5) is 12.3. The Morgan fingerprint density at radius 2 is 1.70 bits per heavy atom. The van der Waals surface area contributed by atoms with Crippen LogP contribution in [0.4, 0.5) is 5.69 Å². The van der Waals surface area contributed by atoms with Gasteiger partial charge in [0.15, 0.2) is 9.84 Å². The Bertz CT molecular complexity index is 871. The molecule has 2 aliphatic rings. The predicted octanol–water partition coefficient (Wildman–Crippen LogP) is 2.01. The van der Waals surface area contributed by atoms with E-state index in [-0.39, 0.29) is 34.6 Å². The van der Waals surface area contributed by atoms with Gasteiger partial charge in [-0.15, -0.1) is 0 Å². The van der Waals surface area contributed by atoms with E-state index >= 15 is 0 Å². The van der Waals surface area contributed by atoms with Crippen LogP contribution in [-0.4, -0.2) is 51.6 Å². The second-order valence-corrected chi connectivity index (χ2v) is 11.5. The average molecular weight is 415 g/mol. The number of hydrogen-bond acceptors (Lipinski definition) is 5. The normalized spacial score (nSPS) is 23.6. The zero-order chi connectivity index (χ0) is 19.5. The minimum absolute atomic E-state index is 0.0629. The summed E-state index contributed by atoms with van der Waals surface area (Å²) in [5.74, 6) is -0.181. The maximum atomic E-state index is 12.7. The van der Waals surface area contributed by atoms with Crippen LogP contribution in [0.1, 0.15) is 38.5 Å². The fourth-order valence-corrected chi connectivity index (χ4v) is 7.03. The summed E-state index contributed by atoms with van der Waals surface area (Å²) in [6, 6.07) is 6.17. The molecule has 7 nitrogen and oxygen atoms in total. The van der Waals surface area contributed by atoms with Crippen LogP contribution < -0.4 is 5.32 Å². The summed E-state index contributed by atoms with van der Waals surface area (Å²) in [6.07, 6.45) is 4.54. The van der Waals surface area contributed by atoms with Gasteiger partial charge in [0, 0.05) is 25.2 Å². The molecule has 1 amide bonds. The average Bonchev–Trinajstić information content (AvgIpc) is 2.80. The molecular formula is C18H26N2O5S2. The minimum atomic E-state index is -3.51. The van der Waals surface area contributed by atoms with Gasteiger partial charge in [0.05, 0.1) is 16.4 Å². The molecule has 2 fully saturated rings. The lowest BCUT2D eigenvalue weighted by atomic mass is 10.1. The Labute approximate surface area is 161 Å². The number of sulfonamides is 1. The van der Waals surface area contributed by atoms with Crippen molar-refractivity contribution in [1.29, 1.82) is 0 Å². The number of carbonyl (C=O) groups excluding carboxylic acids is 1. The van der Waals surface area contributed by atoms with Crippen molar-refractivity contribution in [3.05, 3.63) is 24.3 Å². The molecule has 9 heteroatoms. The highest BCUT2D eigenvalue weighted by Crippen LogP contribution is 2.24. The molecule has 0 radical (unpaired) electrons. The topological polar surface area (TPSA) is 101 Å². The number of rotatable bonds is 5. The van der Waals surface area contributed by atoms with E-state index in [0.29, 0.717) is 25.2 Å². The van der Waals surface area contributed by atoms with Crippen molar-refractivity contribution in [1.82, 2.24) is 4.31 Å². The van der Waals surface area contributed by atoms with Crippen molar-refractivity contribution in [3.63, 3.8) is 0 Å². The number of anilines is 1. The van der Waals surface area contributed by atoms with Crippen LogP contribution in [-0.2, 0) is 24.7 Å². The van der Waals surface area contributed by atoms with Crippen molar-refractivity contribution in [3.8, 4) is 0 Å². The standard InChI is InChI=1S/C18H26N2O5S2/c21-18(13-15-9-12-26(22,23)14-15)19-16-5-7-17(8-6-16)27(24,25)20-10-3-1-2-4-11-20/h5-8,15H,1-4,9-14H2,(H,19,21). The maximum Gasteiger partial charge on any atom is 0.243 e. The molecule has 0 saturated carbocycles. The van der Waals surface area contributed by atoms with E-state index in [1.807, 2.05) is 0 Å². The molecule has 1 aromatic carbocycles. The Hall–Kier alpha value is -1.45. The molecule has 0 bridgehead atoms. The first-order valence-corrected chi connectivity index (χ1v) is 12.6. The fourth-order valence-electron chi connectivity index (χ4n) is 3.65. The highest BCUT2D eigenvalue weighted by Gasteiger charge is 2.29. The van der Waals surface area contributed by atoms with E-state index < -0.39 is 19.9 Å². The molecular weight excluding hydrogens is 388 g/mol. The number of sulfone groups is 1. The zero-order valence-corrected chi connectivity index (χ0v) is 16.9. The van der Waals surface area contributed by atoms with E-state index in [1.54, 1.807) is 12.1 Å². The molecule has 0 aliphatic carbocycles. The third kappa shape index (κ3) is 5.30. The van der Waals surface area contributed by atoms with Gasteiger partial charge in [-0.2, -0.15) is 4.31 Å². The lowest BCUT2D eigenvalue weighted by molar-refractivity contribution is -0.116. The minimum Gasteiger partial charge on any atom is -0.326 e. The molecule has 150 valence electrons. The molecule has 1 aromatic rings. The van der Waals surface area contributed by atoms with Gasteiger partial charge in [-0.25, -0.2) is 16.8 Å². The van der Waals surface area contributed by atoms with Crippen LogP contribution in [0.25, 0.3) is 0 Å². The fraction of sp³-hybridized carbons (Fsp3) is 0.611.